The number of carboxylic acid groups (broad SMARTS) is 1. The Morgan fingerprint density at radius 3 is 2.30 bits per heavy atom. The molecule has 0 aliphatic rings. The lowest BCUT2D eigenvalue weighted by Crippen LogP contribution is -2.45. The number of rotatable bonds is 9. The van der Waals surface area contributed by atoms with Crippen LogP contribution < -0.4 is 9.84 Å². The summed E-state index contributed by atoms with van der Waals surface area (Å²) >= 11 is 0. The van der Waals surface area contributed by atoms with Gasteiger partial charge in [-0.2, -0.15) is 0 Å². The highest BCUT2D eigenvalue weighted by molar-refractivity contribution is 5.73. The Kier molecular flexibility index (Phi) is 7.03. The molecular weight excluding hydrogens is 298 g/mol. The number of nitrogens with zero attached hydrogens (tertiary/aromatic N) is 1. The van der Waals surface area contributed by atoms with E-state index in [9.17, 15) is 14.7 Å². The van der Waals surface area contributed by atoms with Crippen LogP contribution in [0.1, 0.15) is 13.3 Å². The van der Waals surface area contributed by atoms with Crippen LogP contribution in [0.2, 0.25) is 0 Å². The molecule has 128 valence electrons. The first-order chi connectivity index (χ1) is 10.7. The molecule has 0 saturated heterocycles. The van der Waals surface area contributed by atoms with Crippen LogP contribution in [-0.2, 0) is 14.3 Å². The SMILES string of the molecule is CC(COc1ccccc1)C(=O)OC(CC(=O)[O-])C[N+](C)(C)C. The van der Waals surface area contributed by atoms with Crippen molar-refractivity contribution in [3.63, 3.8) is 0 Å². The summed E-state index contributed by atoms with van der Waals surface area (Å²) in [5.74, 6) is -1.53. The van der Waals surface area contributed by atoms with Gasteiger partial charge in [-0.15, -0.1) is 0 Å². The summed E-state index contributed by atoms with van der Waals surface area (Å²) in [4.78, 5) is 22.9. The monoisotopic (exact) mass is 323 g/mol. The van der Waals surface area contributed by atoms with E-state index in [1.54, 1.807) is 19.1 Å². The van der Waals surface area contributed by atoms with Gasteiger partial charge in [0, 0.05) is 12.4 Å². The molecule has 2 atom stereocenters. The van der Waals surface area contributed by atoms with Crippen LogP contribution in [-0.4, -0.2) is 56.8 Å². The first-order valence-corrected chi connectivity index (χ1v) is 7.56. The highest BCUT2D eigenvalue weighted by Crippen LogP contribution is 2.12. The van der Waals surface area contributed by atoms with E-state index in [2.05, 4.69) is 0 Å². The highest BCUT2D eigenvalue weighted by atomic mass is 16.5. The number of carbonyl (C=O) groups excluding carboxylic acids is 2. The largest absolute Gasteiger partial charge is 0.550 e. The number of para-hydroxylation sites is 1. The number of likely N-dealkylation sites (N-methyl/N-ethyl adjacent to an activating group) is 1. The second-order valence-electron chi connectivity index (χ2n) is 6.63. The van der Waals surface area contributed by atoms with Crippen LogP contribution in [0.3, 0.4) is 0 Å². The molecule has 0 heterocycles. The van der Waals surface area contributed by atoms with Crippen molar-refractivity contribution in [1.82, 2.24) is 0 Å². The Balaban J connectivity index is 2.53. The van der Waals surface area contributed by atoms with Gasteiger partial charge in [-0.25, -0.2) is 0 Å². The average Bonchev–Trinajstić information content (AvgIpc) is 2.43. The molecule has 0 N–H and O–H groups in total. The Bertz CT molecular complexity index is 509. The quantitative estimate of drug-likeness (QED) is 0.487. The zero-order valence-corrected chi connectivity index (χ0v) is 14.2. The Hall–Kier alpha value is -2.08. The topological polar surface area (TPSA) is 75.7 Å². The standard InChI is InChI=1S/C17H25NO5/c1-13(12-22-14-8-6-5-7-9-14)17(21)23-15(10-16(19)20)11-18(2,3)4/h5-9,13,15H,10-12H2,1-4H3. The number of aliphatic carboxylic acids is 1. The van der Waals surface area contributed by atoms with E-state index in [0.29, 0.717) is 16.8 Å². The molecule has 0 aromatic heterocycles. The van der Waals surface area contributed by atoms with E-state index in [-0.39, 0.29) is 13.0 Å². The van der Waals surface area contributed by atoms with Gasteiger partial charge in [0.05, 0.1) is 27.1 Å². The van der Waals surface area contributed by atoms with Gasteiger partial charge in [-0.05, 0) is 19.1 Å². The van der Waals surface area contributed by atoms with Crippen LogP contribution in [0.5, 0.6) is 5.75 Å². The minimum atomic E-state index is -1.23. The van der Waals surface area contributed by atoms with Crippen LogP contribution in [0.15, 0.2) is 30.3 Å². The number of quaternary nitrogens is 1. The van der Waals surface area contributed by atoms with E-state index in [1.807, 2.05) is 39.3 Å². The number of carbonyl (C=O) groups is 2. The summed E-state index contributed by atoms with van der Waals surface area (Å²) in [5, 5.41) is 10.8. The lowest BCUT2D eigenvalue weighted by atomic mass is 10.2. The third-order valence-electron chi connectivity index (χ3n) is 3.07. The molecule has 0 saturated carbocycles. The van der Waals surface area contributed by atoms with Crippen molar-refractivity contribution < 1.29 is 28.7 Å². The van der Waals surface area contributed by atoms with Gasteiger partial charge in [0.25, 0.3) is 0 Å². The van der Waals surface area contributed by atoms with E-state index < -0.39 is 24.0 Å². The van der Waals surface area contributed by atoms with Gasteiger partial charge < -0.3 is 23.9 Å². The first-order valence-electron chi connectivity index (χ1n) is 7.56. The van der Waals surface area contributed by atoms with Gasteiger partial charge in [-0.1, -0.05) is 18.2 Å². The zero-order valence-electron chi connectivity index (χ0n) is 14.2. The summed E-state index contributed by atoms with van der Waals surface area (Å²) in [5.41, 5.74) is 0. The molecule has 6 heteroatoms. The molecule has 0 spiro atoms. The summed E-state index contributed by atoms with van der Waals surface area (Å²) in [6.45, 7) is 2.25. The van der Waals surface area contributed by atoms with Crippen molar-refractivity contribution in [2.75, 3.05) is 34.3 Å². The van der Waals surface area contributed by atoms with Gasteiger partial charge >= 0.3 is 5.97 Å². The zero-order chi connectivity index (χ0) is 17.5. The van der Waals surface area contributed by atoms with E-state index in [4.69, 9.17) is 9.47 Å². The maximum atomic E-state index is 12.1. The van der Waals surface area contributed by atoms with Crippen molar-refractivity contribution in [1.29, 1.82) is 0 Å². The van der Waals surface area contributed by atoms with Crippen molar-refractivity contribution >= 4 is 11.9 Å². The Labute approximate surface area is 137 Å². The number of esters is 1. The Morgan fingerprint density at radius 1 is 1.17 bits per heavy atom. The molecule has 1 aromatic carbocycles. The van der Waals surface area contributed by atoms with Gasteiger partial charge in [-0.3, -0.25) is 4.79 Å². The maximum absolute atomic E-state index is 12.1. The molecule has 6 nitrogen and oxygen atoms in total. The minimum Gasteiger partial charge on any atom is -0.550 e. The summed E-state index contributed by atoms with van der Waals surface area (Å²) in [7, 11) is 5.70. The fourth-order valence-electron chi connectivity index (χ4n) is 2.03. The first kappa shape index (κ1) is 19.0. The fourth-order valence-corrected chi connectivity index (χ4v) is 2.03. The number of ether oxygens (including phenoxy) is 2. The second-order valence-corrected chi connectivity index (χ2v) is 6.63. The molecule has 0 amide bonds. The van der Waals surface area contributed by atoms with Gasteiger partial charge in [0.15, 0.2) is 6.10 Å². The van der Waals surface area contributed by atoms with Crippen molar-refractivity contribution in [3.05, 3.63) is 30.3 Å². The molecule has 0 bridgehead atoms. The molecule has 1 aromatic rings. The Morgan fingerprint density at radius 2 is 1.78 bits per heavy atom. The molecule has 0 aliphatic carbocycles. The minimum absolute atomic E-state index is 0.172. The van der Waals surface area contributed by atoms with Gasteiger partial charge in [0.1, 0.15) is 18.9 Å². The normalized spacial score (nSPS) is 13.9. The number of carboxylic acids is 1. The van der Waals surface area contributed by atoms with E-state index in [1.165, 1.54) is 0 Å². The summed E-state index contributed by atoms with van der Waals surface area (Å²) in [6.07, 6.45) is -1.03. The predicted octanol–water partition coefficient (Wildman–Crippen LogP) is 0.460. The summed E-state index contributed by atoms with van der Waals surface area (Å²) in [6, 6.07) is 9.16. The van der Waals surface area contributed by atoms with E-state index in [0.717, 1.165) is 0 Å². The smallest absolute Gasteiger partial charge is 0.312 e. The number of hydrogen-bond acceptors (Lipinski definition) is 5. The predicted molar refractivity (Wildman–Crippen MR) is 83.5 cm³/mol. The molecule has 1 rings (SSSR count). The van der Waals surface area contributed by atoms with Crippen LogP contribution >= 0.6 is 0 Å². The maximum Gasteiger partial charge on any atom is 0.312 e. The second kappa shape index (κ2) is 8.53. The molecule has 23 heavy (non-hydrogen) atoms. The average molecular weight is 323 g/mol. The van der Waals surface area contributed by atoms with Crippen LogP contribution in [0.25, 0.3) is 0 Å². The van der Waals surface area contributed by atoms with E-state index >= 15 is 0 Å². The van der Waals surface area contributed by atoms with Crippen LogP contribution in [0, 0.1) is 5.92 Å². The molecule has 0 fully saturated rings. The molecule has 2 unspecified atom stereocenters. The number of hydrogen-bond donors (Lipinski definition) is 0. The fraction of sp³-hybridized carbons (Fsp3) is 0.529. The lowest BCUT2D eigenvalue weighted by Gasteiger charge is -2.29. The van der Waals surface area contributed by atoms with Gasteiger partial charge in [0.2, 0.25) is 0 Å². The summed E-state index contributed by atoms with van der Waals surface area (Å²) < 4.78 is 11.3. The third-order valence-corrected chi connectivity index (χ3v) is 3.07. The number of benzene rings is 1. The van der Waals surface area contributed by atoms with Crippen molar-refractivity contribution in [2.45, 2.75) is 19.4 Å². The molecular formula is C17H25NO5. The van der Waals surface area contributed by atoms with Crippen molar-refractivity contribution in [2.24, 2.45) is 5.92 Å². The molecule has 0 radical (unpaired) electrons. The van der Waals surface area contributed by atoms with Crippen molar-refractivity contribution in [3.8, 4) is 5.75 Å². The van der Waals surface area contributed by atoms with Crippen LogP contribution in [0.4, 0.5) is 0 Å². The third kappa shape index (κ3) is 8.21. The lowest BCUT2D eigenvalue weighted by molar-refractivity contribution is -0.873. The highest BCUT2D eigenvalue weighted by Gasteiger charge is 2.25. The molecule has 0 aliphatic heterocycles.